The fraction of sp³-hybridized carbons (Fsp3) is 0.417. The fourth-order valence-electron chi connectivity index (χ4n) is 1.56. The fourth-order valence-corrected chi connectivity index (χ4v) is 2.34. The van der Waals surface area contributed by atoms with Crippen LogP contribution in [0.4, 0.5) is 5.69 Å². The summed E-state index contributed by atoms with van der Waals surface area (Å²) in [6, 6.07) is 5.92. The van der Waals surface area contributed by atoms with Gasteiger partial charge in [0.15, 0.2) is 0 Å². The number of hydrogen-bond acceptors (Lipinski definition) is 3. The van der Waals surface area contributed by atoms with Gasteiger partial charge in [0.2, 0.25) is 0 Å². The summed E-state index contributed by atoms with van der Waals surface area (Å²) < 4.78 is 10.9. The molecular weight excluding hydrogens is 252 g/mol. The minimum atomic E-state index is -0.711. The van der Waals surface area contributed by atoms with Gasteiger partial charge in [-0.15, -0.1) is 0 Å². The van der Waals surface area contributed by atoms with Crippen LogP contribution < -0.4 is 11.1 Å². The van der Waals surface area contributed by atoms with Gasteiger partial charge in [-0.3, -0.25) is 4.21 Å². The molecule has 0 aromatic heterocycles. The molecule has 0 saturated carbocycles. The number of nitrogens with two attached hydrogens (primary N) is 1. The molecule has 3 N–H and O–H groups in total. The molecule has 0 fully saturated rings. The number of hydrogen-bond donors (Lipinski definition) is 2. The number of aryl methyl sites for hydroxylation is 1. The van der Waals surface area contributed by atoms with Crippen molar-refractivity contribution in [2.75, 3.05) is 23.9 Å². The third kappa shape index (κ3) is 4.83. The van der Waals surface area contributed by atoms with Crippen LogP contribution in [0.2, 0.25) is 0 Å². The zero-order valence-corrected chi connectivity index (χ0v) is 11.8. The molecule has 0 spiro atoms. The summed E-state index contributed by atoms with van der Waals surface area (Å²) in [6.07, 6.45) is 2.63. The molecule has 17 heavy (non-hydrogen) atoms. The normalized spacial score (nSPS) is 12.1. The van der Waals surface area contributed by atoms with E-state index in [2.05, 4.69) is 5.32 Å². The summed E-state index contributed by atoms with van der Waals surface area (Å²) in [7, 11) is -0.711. The van der Waals surface area contributed by atoms with Gasteiger partial charge in [-0.2, -0.15) is 0 Å². The average Bonchev–Trinajstić information content (AvgIpc) is 2.23. The Morgan fingerprint density at radius 3 is 2.76 bits per heavy atom. The highest BCUT2D eigenvalue weighted by Gasteiger charge is 2.02. The first-order valence-electron chi connectivity index (χ1n) is 5.45. The van der Waals surface area contributed by atoms with Crippen LogP contribution in [0.3, 0.4) is 0 Å². The van der Waals surface area contributed by atoms with E-state index in [-0.39, 0.29) is 0 Å². The molecule has 5 heteroatoms. The molecule has 0 saturated heterocycles. The maximum absolute atomic E-state index is 10.9. The third-order valence-corrected chi connectivity index (χ3v) is 3.51. The second kappa shape index (κ2) is 6.71. The second-order valence-electron chi connectivity index (χ2n) is 3.95. The Morgan fingerprint density at radius 2 is 2.24 bits per heavy atom. The van der Waals surface area contributed by atoms with Crippen LogP contribution in [0.15, 0.2) is 18.2 Å². The van der Waals surface area contributed by atoms with Crippen molar-refractivity contribution in [1.29, 1.82) is 0 Å². The summed E-state index contributed by atoms with van der Waals surface area (Å²) in [5.74, 6) is 0.733. The van der Waals surface area contributed by atoms with E-state index < -0.39 is 10.8 Å². The predicted octanol–water partition coefficient (Wildman–Crippen LogP) is 1.81. The van der Waals surface area contributed by atoms with E-state index in [0.29, 0.717) is 4.99 Å². The van der Waals surface area contributed by atoms with Crippen LogP contribution in [0.25, 0.3) is 0 Å². The Morgan fingerprint density at radius 1 is 1.53 bits per heavy atom. The first kappa shape index (κ1) is 14.1. The van der Waals surface area contributed by atoms with E-state index in [1.165, 1.54) is 0 Å². The first-order chi connectivity index (χ1) is 8.00. The number of thiocarbonyl (C=S) groups is 1. The molecule has 0 aliphatic heterocycles. The number of nitrogens with one attached hydrogen (secondary N) is 1. The van der Waals surface area contributed by atoms with Gasteiger partial charge in [0.25, 0.3) is 0 Å². The summed E-state index contributed by atoms with van der Waals surface area (Å²) in [5.41, 5.74) is 8.63. The van der Waals surface area contributed by atoms with Gasteiger partial charge in [-0.05, 0) is 37.1 Å². The smallest absolute Gasteiger partial charge is 0.104 e. The summed E-state index contributed by atoms with van der Waals surface area (Å²) in [5, 5.41) is 3.29. The standard InChI is InChI=1S/C12H18N2OS2/c1-9-8-10(4-5-11(9)12(13)16)14-6-3-7-17(2)15/h4-5,8,14H,3,6-7H2,1-2H3,(H2,13,16). The summed E-state index contributed by atoms with van der Waals surface area (Å²) in [6.45, 7) is 2.81. The van der Waals surface area contributed by atoms with E-state index in [0.717, 1.165) is 35.5 Å². The predicted molar refractivity (Wildman–Crippen MR) is 79.1 cm³/mol. The highest BCUT2D eigenvalue weighted by atomic mass is 32.2. The highest BCUT2D eigenvalue weighted by molar-refractivity contribution is 7.84. The van der Waals surface area contributed by atoms with Gasteiger partial charge >= 0.3 is 0 Å². The Labute approximate surface area is 110 Å². The Bertz CT molecular complexity index is 433. The number of benzene rings is 1. The largest absolute Gasteiger partial charge is 0.389 e. The maximum Gasteiger partial charge on any atom is 0.104 e. The molecule has 1 aromatic rings. The van der Waals surface area contributed by atoms with Gasteiger partial charge in [-0.25, -0.2) is 0 Å². The van der Waals surface area contributed by atoms with E-state index >= 15 is 0 Å². The molecule has 1 atom stereocenters. The van der Waals surface area contributed by atoms with Crippen LogP contribution >= 0.6 is 12.2 Å². The highest BCUT2D eigenvalue weighted by Crippen LogP contribution is 2.15. The van der Waals surface area contributed by atoms with E-state index in [1.807, 2.05) is 25.1 Å². The molecule has 0 heterocycles. The lowest BCUT2D eigenvalue weighted by Gasteiger charge is -2.09. The minimum absolute atomic E-state index is 0.426. The summed E-state index contributed by atoms with van der Waals surface area (Å²) in [4.78, 5) is 0.426. The lowest BCUT2D eigenvalue weighted by molar-refractivity contribution is 0.685. The second-order valence-corrected chi connectivity index (χ2v) is 5.95. The molecule has 0 bridgehead atoms. The molecule has 94 valence electrons. The van der Waals surface area contributed by atoms with Crippen molar-refractivity contribution in [3.05, 3.63) is 29.3 Å². The van der Waals surface area contributed by atoms with E-state index in [9.17, 15) is 4.21 Å². The monoisotopic (exact) mass is 270 g/mol. The molecular formula is C12H18N2OS2. The lowest BCUT2D eigenvalue weighted by atomic mass is 10.1. The molecule has 1 aromatic carbocycles. The van der Waals surface area contributed by atoms with Crippen LogP contribution in [0.1, 0.15) is 17.5 Å². The topological polar surface area (TPSA) is 55.1 Å². The molecule has 0 aliphatic carbocycles. The first-order valence-corrected chi connectivity index (χ1v) is 7.58. The molecule has 0 aliphatic rings. The number of anilines is 1. The average molecular weight is 270 g/mol. The van der Waals surface area contributed by atoms with Crippen molar-refractivity contribution in [2.45, 2.75) is 13.3 Å². The van der Waals surface area contributed by atoms with Crippen molar-refractivity contribution >= 4 is 33.7 Å². The van der Waals surface area contributed by atoms with Crippen molar-refractivity contribution in [3.8, 4) is 0 Å². The quantitative estimate of drug-likeness (QED) is 0.611. The van der Waals surface area contributed by atoms with E-state index in [1.54, 1.807) is 6.26 Å². The van der Waals surface area contributed by atoms with Gasteiger partial charge in [-0.1, -0.05) is 12.2 Å². The molecule has 1 unspecified atom stereocenters. The Kier molecular flexibility index (Phi) is 5.58. The molecule has 1 rings (SSSR count). The van der Waals surface area contributed by atoms with Crippen LogP contribution in [-0.4, -0.2) is 27.8 Å². The zero-order valence-electron chi connectivity index (χ0n) is 10.2. The zero-order chi connectivity index (χ0) is 12.8. The van der Waals surface area contributed by atoms with Crippen molar-refractivity contribution in [2.24, 2.45) is 5.73 Å². The number of rotatable bonds is 6. The SMILES string of the molecule is Cc1cc(NCCCS(C)=O)ccc1C(N)=S. The van der Waals surface area contributed by atoms with Crippen molar-refractivity contribution in [3.63, 3.8) is 0 Å². The molecule has 0 radical (unpaired) electrons. The minimum Gasteiger partial charge on any atom is -0.389 e. The lowest BCUT2D eigenvalue weighted by Crippen LogP contribution is -2.12. The van der Waals surface area contributed by atoms with E-state index in [4.69, 9.17) is 18.0 Å². The Hall–Kier alpha value is -0.940. The van der Waals surface area contributed by atoms with Crippen LogP contribution in [-0.2, 0) is 10.8 Å². The Balaban J connectivity index is 2.53. The van der Waals surface area contributed by atoms with Crippen LogP contribution in [0, 0.1) is 6.92 Å². The van der Waals surface area contributed by atoms with Gasteiger partial charge < -0.3 is 11.1 Å². The third-order valence-electron chi connectivity index (χ3n) is 2.43. The maximum atomic E-state index is 10.9. The van der Waals surface area contributed by atoms with Crippen molar-refractivity contribution < 1.29 is 4.21 Å². The van der Waals surface area contributed by atoms with Gasteiger partial charge in [0, 0.05) is 40.6 Å². The van der Waals surface area contributed by atoms with Gasteiger partial charge in [0.1, 0.15) is 4.99 Å². The molecule has 3 nitrogen and oxygen atoms in total. The van der Waals surface area contributed by atoms with Gasteiger partial charge in [0.05, 0.1) is 0 Å². The molecule has 0 amide bonds. The van der Waals surface area contributed by atoms with Crippen LogP contribution in [0.5, 0.6) is 0 Å². The van der Waals surface area contributed by atoms with Crippen molar-refractivity contribution in [1.82, 2.24) is 0 Å². The summed E-state index contributed by atoms with van der Waals surface area (Å²) >= 11 is 4.95.